The molecular formula is C24H21F2N5O2. The number of halogens is 2. The first kappa shape index (κ1) is 21.9. The molecule has 0 saturated heterocycles. The molecular weight excluding hydrogens is 428 g/mol. The largest absolute Gasteiger partial charge is 0.457 e. The van der Waals surface area contributed by atoms with Crippen LogP contribution in [0, 0.1) is 18.6 Å². The highest BCUT2D eigenvalue weighted by atomic mass is 19.1. The molecule has 0 aliphatic rings. The molecule has 2 aromatic carbocycles. The van der Waals surface area contributed by atoms with Crippen LogP contribution in [-0.4, -0.2) is 20.4 Å². The number of imidazole rings is 1. The van der Waals surface area contributed by atoms with Gasteiger partial charge in [0, 0.05) is 49.2 Å². The number of rotatable bonds is 7. The Balaban J connectivity index is 1.46. The topological polar surface area (TPSA) is 81.1 Å². The lowest BCUT2D eigenvalue weighted by Crippen LogP contribution is -2.23. The molecule has 4 rings (SSSR count). The van der Waals surface area contributed by atoms with Crippen LogP contribution in [0.2, 0.25) is 0 Å². The molecule has 0 unspecified atom stereocenters. The Hall–Kier alpha value is -4.27. The fourth-order valence-electron chi connectivity index (χ4n) is 3.24. The van der Waals surface area contributed by atoms with Crippen molar-refractivity contribution in [1.29, 1.82) is 0 Å². The number of pyridine rings is 1. The van der Waals surface area contributed by atoms with Crippen LogP contribution < -0.4 is 15.4 Å². The van der Waals surface area contributed by atoms with Crippen LogP contribution >= 0.6 is 0 Å². The Morgan fingerprint density at radius 3 is 2.58 bits per heavy atom. The van der Waals surface area contributed by atoms with Crippen LogP contribution in [0.4, 0.5) is 20.4 Å². The van der Waals surface area contributed by atoms with E-state index in [1.807, 2.05) is 17.8 Å². The first-order valence-electron chi connectivity index (χ1n) is 10.1. The van der Waals surface area contributed by atoms with E-state index in [0.29, 0.717) is 39.8 Å². The van der Waals surface area contributed by atoms with Crippen LogP contribution in [0.3, 0.4) is 0 Å². The number of carbonyl (C=O) groups excluding carboxylic acids is 1. The molecule has 0 aliphatic heterocycles. The van der Waals surface area contributed by atoms with E-state index in [4.69, 9.17) is 4.74 Å². The summed E-state index contributed by atoms with van der Waals surface area (Å²) in [6.07, 6.45) is 5.09. The van der Waals surface area contributed by atoms with Gasteiger partial charge in [0.2, 0.25) is 0 Å². The lowest BCUT2D eigenvalue weighted by atomic mass is 10.1. The van der Waals surface area contributed by atoms with Crippen molar-refractivity contribution in [2.24, 2.45) is 7.05 Å². The molecule has 33 heavy (non-hydrogen) atoms. The van der Waals surface area contributed by atoms with Gasteiger partial charge in [-0.1, -0.05) is 6.07 Å². The van der Waals surface area contributed by atoms with Crippen LogP contribution in [0.1, 0.15) is 21.5 Å². The third-order valence-electron chi connectivity index (χ3n) is 4.82. The molecule has 9 heteroatoms. The molecule has 0 radical (unpaired) electrons. The van der Waals surface area contributed by atoms with E-state index in [9.17, 15) is 13.6 Å². The van der Waals surface area contributed by atoms with Gasteiger partial charge in [-0.3, -0.25) is 4.79 Å². The highest BCUT2D eigenvalue weighted by Gasteiger charge is 2.14. The van der Waals surface area contributed by atoms with Crippen LogP contribution in [0.25, 0.3) is 0 Å². The zero-order valence-electron chi connectivity index (χ0n) is 18.0. The van der Waals surface area contributed by atoms with Crippen molar-refractivity contribution in [3.8, 4) is 11.5 Å². The molecule has 0 bridgehead atoms. The number of hydrogen-bond donors (Lipinski definition) is 2. The Morgan fingerprint density at radius 2 is 1.85 bits per heavy atom. The van der Waals surface area contributed by atoms with Crippen molar-refractivity contribution in [3.05, 3.63) is 95.6 Å². The third-order valence-corrected chi connectivity index (χ3v) is 4.82. The normalized spacial score (nSPS) is 10.7. The summed E-state index contributed by atoms with van der Waals surface area (Å²) in [6, 6.07) is 11.7. The maximum atomic E-state index is 13.4. The predicted octanol–water partition coefficient (Wildman–Crippen LogP) is 4.87. The number of amides is 1. The number of ether oxygens (including phenoxy) is 1. The number of aromatic nitrogens is 3. The zero-order chi connectivity index (χ0) is 23.4. The summed E-state index contributed by atoms with van der Waals surface area (Å²) in [7, 11) is 1.87. The molecule has 7 nitrogen and oxygen atoms in total. The van der Waals surface area contributed by atoms with Gasteiger partial charge in [-0.2, -0.15) is 0 Å². The smallest absolute Gasteiger partial charge is 0.251 e. The minimum absolute atomic E-state index is 0.00898. The second-order valence-corrected chi connectivity index (χ2v) is 7.42. The standard InChI is InChI=1S/C24H21F2N5O2/c1-15-20(24(32)28-12-16-8-17(25)10-18(26)9-16)4-3-5-21(15)33-19-6-7-27-22(11-19)30-23-13-31(2)14-29-23/h3-11,13-14H,12H2,1-2H3,(H,27,30)(H,28,32). The summed E-state index contributed by atoms with van der Waals surface area (Å²) in [6.45, 7) is 1.76. The van der Waals surface area contributed by atoms with Crippen LogP contribution in [0.15, 0.2) is 67.3 Å². The van der Waals surface area contributed by atoms with Gasteiger partial charge in [-0.15, -0.1) is 0 Å². The molecule has 0 spiro atoms. The Kier molecular flexibility index (Phi) is 6.30. The highest BCUT2D eigenvalue weighted by Crippen LogP contribution is 2.28. The number of nitrogens with zero attached hydrogens (tertiary/aromatic N) is 3. The minimum atomic E-state index is -0.694. The van der Waals surface area contributed by atoms with Crippen molar-refractivity contribution in [3.63, 3.8) is 0 Å². The van der Waals surface area contributed by atoms with Crippen LogP contribution in [0.5, 0.6) is 11.5 Å². The third kappa shape index (κ3) is 5.51. The lowest BCUT2D eigenvalue weighted by molar-refractivity contribution is 0.0950. The van der Waals surface area contributed by atoms with Gasteiger partial charge < -0.3 is 19.9 Å². The molecule has 1 amide bonds. The van der Waals surface area contributed by atoms with Crippen molar-refractivity contribution in [2.75, 3.05) is 5.32 Å². The van der Waals surface area contributed by atoms with Gasteiger partial charge in [-0.25, -0.2) is 18.7 Å². The summed E-state index contributed by atoms with van der Waals surface area (Å²) >= 11 is 0. The SMILES string of the molecule is Cc1c(Oc2ccnc(Nc3cn(C)cn3)c2)cccc1C(=O)NCc1cc(F)cc(F)c1. The summed E-state index contributed by atoms with van der Waals surface area (Å²) in [5.41, 5.74) is 1.34. The average molecular weight is 449 g/mol. The quantitative estimate of drug-likeness (QED) is 0.421. The number of aryl methyl sites for hydroxylation is 1. The van der Waals surface area contributed by atoms with Gasteiger partial charge >= 0.3 is 0 Å². The predicted molar refractivity (Wildman–Crippen MR) is 120 cm³/mol. The van der Waals surface area contributed by atoms with Gasteiger partial charge in [0.25, 0.3) is 5.91 Å². The van der Waals surface area contributed by atoms with E-state index >= 15 is 0 Å². The van der Waals surface area contributed by atoms with Gasteiger partial charge in [0.05, 0.1) is 6.33 Å². The van der Waals surface area contributed by atoms with Gasteiger partial charge in [-0.05, 0) is 42.8 Å². The Bertz CT molecular complexity index is 1290. The van der Waals surface area contributed by atoms with Crippen molar-refractivity contribution in [1.82, 2.24) is 19.9 Å². The summed E-state index contributed by atoms with van der Waals surface area (Å²) in [5, 5.41) is 5.78. The molecule has 4 aromatic rings. The van der Waals surface area contributed by atoms with Gasteiger partial charge in [0.1, 0.15) is 34.8 Å². The zero-order valence-corrected chi connectivity index (χ0v) is 18.0. The molecule has 2 N–H and O–H groups in total. The second-order valence-electron chi connectivity index (χ2n) is 7.42. The highest BCUT2D eigenvalue weighted by molar-refractivity contribution is 5.96. The molecule has 0 fully saturated rings. The van der Waals surface area contributed by atoms with Gasteiger partial charge in [0.15, 0.2) is 0 Å². The molecule has 168 valence electrons. The fraction of sp³-hybridized carbons (Fsp3) is 0.125. The number of nitrogens with one attached hydrogen (secondary N) is 2. The summed E-state index contributed by atoms with van der Waals surface area (Å²) in [4.78, 5) is 21.2. The first-order valence-corrected chi connectivity index (χ1v) is 10.1. The fourth-order valence-corrected chi connectivity index (χ4v) is 3.24. The summed E-state index contributed by atoms with van der Waals surface area (Å²) < 4.78 is 34.5. The summed E-state index contributed by atoms with van der Waals surface area (Å²) in [5.74, 6) is 0.457. The monoisotopic (exact) mass is 449 g/mol. The lowest BCUT2D eigenvalue weighted by Gasteiger charge is -2.13. The maximum absolute atomic E-state index is 13.4. The second kappa shape index (κ2) is 9.47. The van der Waals surface area contributed by atoms with E-state index in [1.165, 1.54) is 12.1 Å². The number of hydrogen-bond acceptors (Lipinski definition) is 5. The average Bonchev–Trinajstić information content (AvgIpc) is 3.17. The van der Waals surface area contributed by atoms with E-state index in [0.717, 1.165) is 6.07 Å². The molecule has 2 heterocycles. The molecule has 2 aromatic heterocycles. The van der Waals surface area contributed by atoms with Crippen LogP contribution in [-0.2, 0) is 13.6 Å². The van der Waals surface area contributed by atoms with E-state index < -0.39 is 11.6 Å². The van der Waals surface area contributed by atoms with E-state index in [1.54, 1.807) is 49.8 Å². The van der Waals surface area contributed by atoms with E-state index in [-0.39, 0.29) is 12.5 Å². The van der Waals surface area contributed by atoms with Crippen molar-refractivity contribution >= 4 is 17.5 Å². The number of benzene rings is 2. The minimum Gasteiger partial charge on any atom is -0.457 e. The number of carbonyl (C=O) groups is 1. The first-order chi connectivity index (χ1) is 15.9. The van der Waals surface area contributed by atoms with E-state index in [2.05, 4.69) is 20.6 Å². The molecule has 0 atom stereocenters. The molecule has 0 saturated carbocycles. The number of anilines is 2. The molecule has 0 aliphatic carbocycles. The van der Waals surface area contributed by atoms with Crippen molar-refractivity contribution < 1.29 is 18.3 Å². The maximum Gasteiger partial charge on any atom is 0.251 e. The Labute approximate surface area is 189 Å². The van der Waals surface area contributed by atoms with Crippen molar-refractivity contribution in [2.45, 2.75) is 13.5 Å². The Morgan fingerprint density at radius 1 is 1.06 bits per heavy atom.